The largest absolute Gasteiger partial charge is 0.487 e. The molecule has 0 radical (unpaired) electrons. The minimum Gasteiger partial charge on any atom is -0.487 e. The van der Waals surface area contributed by atoms with Gasteiger partial charge in [-0.3, -0.25) is 0 Å². The van der Waals surface area contributed by atoms with Gasteiger partial charge in [-0.05, 0) is 41.1 Å². The summed E-state index contributed by atoms with van der Waals surface area (Å²) in [5, 5.41) is 8.15. The first-order valence-corrected chi connectivity index (χ1v) is 7.40. The van der Waals surface area contributed by atoms with Crippen LogP contribution in [0.4, 0.5) is 0 Å². The first kappa shape index (κ1) is 15.3. The zero-order valence-electron chi connectivity index (χ0n) is 12.7. The van der Waals surface area contributed by atoms with Crippen LogP contribution in [0.25, 0.3) is 5.69 Å². The lowest BCUT2D eigenvalue weighted by Crippen LogP contribution is -2.23. The second kappa shape index (κ2) is 6.26. The van der Waals surface area contributed by atoms with Gasteiger partial charge in [-0.2, -0.15) is 9.36 Å². The third-order valence-electron chi connectivity index (χ3n) is 3.41. The second-order valence-electron chi connectivity index (χ2n) is 5.15. The molecule has 7 heteroatoms. The van der Waals surface area contributed by atoms with E-state index in [1.165, 1.54) is 9.36 Å². The van der Waals surface area contributed by atoms with E-state index < -0.39 is 0 Å². The van der Waals surface area contributed by atoms with Crippen LogP contribution >= 0.6 is 11.6 Å². The van der Waals surface area contributed by atoms with Gasteiger partial charge in [0.1, 0.15) is 12.4 Å². The number of aryl methyl sites for hydroxylation is 2. The first-order valence-electron chi connectivity index (χ1n) is 7.02. The molecule has 0 aliphatic rings. The number of para-hydroxylation sites is 1. The van der Waals surface area contributed by atoms with Gasteiger partial charge < -0.3 is 4.74 Å². The van der Waals surface area contributed by atoms with Crippen LogP contribution in [0.1, 0.15) is 11.1 Å². The highest BCUT2D eigenvalue weighted by atomic mass is 35.5. The molecule has 0 amide bonds. The molecule has 0 fully saturated rings. The van der Waals surface area contributed by atoms with Gasteiger partial charge in [0.2, 0.25) is 0 Å². The fourth-order valence-electron chi connectivity index (χ4n) is 2.18. The summed E-state index contributed by atoms with van der Waals surface area (Å²) in [5.74, 6) is 0.596. The zero-order chi connectivity index (χ0) is 16.4. The molecule has 1 aromatic heterocycles. The summed E-state index contributed by atoms with van der Waals surface area (Å²) >= 11 is 6.18. The average Bonchev–Trinajstić information content (AvgIpc) is 2.86. The van der Waals surface area contributed by atoms with Crippen molar-refractivity contribution in [2.75, 3.05) is 0 Å². The second-order valence-corrected chi connectivity index (χ2v) is 5.56. The van der Waals surface area contributed by atoms with E-state index in [2.05, 4.69) is 10.4 Å². The molecule has 0 unspecified atom stereocenters. The molecule has 0 aliphatic carbocycles. The first-order chi connectivity index (χ1) is 11.1. The molecule has 0 bridgehead atoms. The van der Waals surface area contributed by atoms with Gasteiger partial charge in [0.15, 0.2) is 0 Å². The average molecular weight is 331 g/mol. The van der Waals surface area contributed by atoms with Crippen molar-refractivity contribution in [1.82, 2.24) is 19.8 Å². The molecule has 1 heterocycles. The number of aromatic nitrogens is 4. The summed E-state index contributed by atoms with van der Waals surface area (Å²) in [7, 11) is 1.55. The minimum atomic E-state index is -0.314. The number of nitrogens with zero attached hydrogens (tertiary/aromatic N) is 4. The summed E-state index contributed by atoms with van der Waals surface area (Å²) in [4.78, 5) is 12.0. The number of rotatable bonds is 4. The van der Waals surface area contributed by atoms with Crippen molar-refractivity contribution in [1.29, 1.82) is 0 Å². The maximum Gasteiger partial charge on any atom is 0.368 e. The topological polar surface area (TPSA) is 61.9 Å². The van der Waals surface area contributed by atoms with Crippen molar-refractivity contribution >= 4 is 11.6 Å². The highest BCUT2D eigenvalue weighted by Crippen LogP contribution is 2.26. The number of ether oxygens (including phenoxy) is 1. The molecular weight excluding hydrogens is 316 g/mol. The summed E-state index contributed by atoms with van der Waals surface area (Å²) in [6.07, 6.45) is 0. The van der Waals surface area contributed by atoms with Crippen LogP contribution < -0.4 is 10.4 Å². The van der Waals surface area contributed by atoms with E-state index in [1.807, 2.05) is 43.3 Å². The minimum absolute atomic E-state index is 0.266. The Morgan fingerprint density at radius 3 is 2.65 bits per heavy atom. The van der Waals surface area contributed by atoms with Crippen molar-refractivity contribution in [3.8, 4) is 11.4 Å². The molecule has 0 aliphatic heterocycles. The molecule has 3 rings (SSSR count). The van der Waals surface area contributed by atoms with E-state index in [-0.39, 0.29) is 12.3 Å². The van der Waals surface area contributed by atoms with E-state index in [0.29, 0.717) is 16.5 Å². The van der Waals surface area contributed by atoms with Crippen molar-refractivity contribution in [3.63, 3.8) is 0 Å². The Hall–Kier alpha value is -2.60. The Bertz CT molecular complexity index is 901. The quantitative estimate of drug-likeness (QED) is 0.737. The van der Waals surface area contributed by atoms with Crippen LogP contribution in [0.5, 0.6) is 5.75 Å². The van der Waals surface area contributed by atoms with Crippen LogP contribution in [0.2, 0.25) is 5.02 Å². The van der Waals surface area contributed by atoms with Crippen LogP contribution in [0.3, 0.4) is 0 Å². The maximum absolute atomic E-state index is 12.0. The van der Waals surface area contributed by atoms with Crippen LogP contribution in [-0.4, -0.2) is 19.8 Å². The molecular formula is C16H15ClN4O2. The number of tetrazole rings is 1. The number of halogens is 1. The monoisotopic (exact) mass is 330 g/mol. The Balaban J connectivity index is 1.89. The lowest BCUT2D eigenvalue weighted by Gasteiger charge is -2.11. The standard InChI is InChI=1S/C16H15ClN4O2/c1-11-7-8-15(13(17)9-11)23-10-12-5-3-4-6-14(12)21-16(22)20(2)18-19-21/h3-9H,10H2,1-2H3. The molecule has 0 saturated heterocycles. The summed E-state index contributed by atoms with van der Waals surface area (Å²) < 4.78 is 8.20. The summed E-state index contributed by atoms with van der Waals surface area (Å²) in [6.45, 7) is 2.23. The predicted octanol–water partition coefficient (Wildman–Crippen LogP) is 2.51. The summed E-state index contributed by atoms with van der Waals surface area (Å²) in [6, 6.07) is 13.0. The Labute approximate surface area is 137 Å². The van der Waals surface area contributed by atoms with Crippen molar-refractivity contribution < 1.29 is 4.74 Å². The smallest absolute Gasteiger partial charge is 0.368 e. The van der Waals surface area contributed by atoms with E-state index in [9.17, 15) is 4.79 Å². The highest BCUT2D eigenvalue weighted by molar-refractivity contribution is 6.32. The molecule has 23 heavy (non-hydrogen) atoms. The van der Waals surface area contributed by atoms with Crippen molar-refractivity contribution in [2.24, 2.45) is 7.05 Å². The molecule has 118 valence electrons. The van der Waals surface area contributed by atoms with Gasteiger partial charge in [0.25, 0.3) is 0 Å². The van der Waals surface area contributed by atoms with Gasteiger partial charge >= 0.3 is 5.69 Å². The predicted molar refractivity (Wildman–Crippen MR) is 87.1 cm³/mol. The van der Waals surface area contributed by atoms with E-state index in [1.54, 1.807) is 13.1 Å². The summed E-state index contributed by atoms with van der Waals surface area (Å²) in [5.41, 5.74) is 2.19. The van der Waals surface area contributed by atoms with Gasteiger partial charge in [0.05, 0.1) is 10.7 Å². The fourth-order valence-corrected chi connectivity index (χ4v) is 2.47. The highest BCUT2D eigenvalue weighted by Gasteiger charge is 2.11. The van der Waals surface area contributed by atoms with Gasteiger partial charge in [-0.1, -0.05) is 35.9 Å². The van der Waals surface area contributed by atoms with Gasteiger partial charge in [0, 0.05) is 12.6 Å². The van der Waals surface area contributed by atoms with Crippen molar-refractivity contribution in [3.05, 3.63) is 69.1 Å². The lowest BCUT2D eigenvalue weighted by atomic mass is 10.2. The molecule has 2 aromatic carbocycles. The zero-order valence-corrected chi connectivity index (χ0v) is 13.5. The Morgan fingerprint density at radius 1 is 1.17 bits per heavy atom. The normalized spacial score (nSPS) is 10.7. The number of hydrogen-bond acceptors (Lipinski definition) is 4. The molecule has 0 spiro atoms. The van der Waals surface area contributed by atoms with Gasteiger partial charge in [-0.15, -0.1) is 0 Å². The molecule has 6 nitrogen and oxygen atoms in total. The van der Waals surface area contributed by atoms with Gasteiger partial charge in [-0.25, -0.2) is 4.79 Å². The van der Waals surface area contributed by atoms with E-state index in [0.717, 1.165) is 11.1 Å². The van der Waals surface area contributed by atoms with Crippen LogP contribution in [0, 0.1) is 6.92 Å². The molecule has 3 aromatic rings. The lowest BCUT2D eigenvalue weighted by molar-refractivity contribution is 0.305. The number of benzene rings is 2. The fraction of sp³-hybridized carbons (Fsp3) is 0.188. The number of hydrogen-bond donors (Lipinski definition) is 0. The van der Waals surface area contributed by atoms with E-state index in [4.69, 9.17) is 16.3 Å². The third kappa shape index (κ3) is 3.12. The molecule has 0 atom stereocenters. The van der Waals surface area contributed by atoms with Crippen LogP contribution in [-0.2, 0) is 13.7 Å². The SMILES string of the molecule is Cc1ccc(OCc2ccccc2-n2nnn(C)c2=O)c(Cl)c1. The van der Waals surface area contributed by atoms with E-state index >= 15 is 0 Å². The Morgan fingerprint density at radius 2 is 1.96 bits per heavy atom. The third-order valence-corrected chi connectivity index (χ3v) is 3.71. The van der Waals surface area contributed by atoms with Crippen LogP contribution in [0.15, 0.2) is 47.3 Å². The molecule has 0 saturated carbocycles. The molecule has 0 N–H and O–H groups in total. The Kier molecular flexibility index (Phi) is 4.16. The van der Waals surface area contributed by atoms with Crippen molar-refractivity contribution in [2.45, 2.75) is 13.5 Å². The maximum atomic E-state index is 12.0.